The Morgan fingerprint density at radius 1 is 0.220 bits per heavy atom. The van der Waals surface area contributed by atoms with Gasteiger partial charge in [-0.05, 0) is 121 Å². The molecule has 1 heteroatoms. The number of hydrogen-bond acceptors (Lipinski definition) is 1. The molecule has 0 saturated carbocycles. The number of para-hydroxylation sites is 1. The first-order valence-corrected chi connectivity index (χ1v) is 20.2. The molecule has 0 aliphatic heterocycles. The van der Waals surface area contributed by atoms with Gasteiger partial charge in [-0.2, -0.15) is 0 Å². The Kier molecular flexibility index (Phi) is 9.68. The van der Waals surface area contributed by atoms with Crippen LogP contribution in [0.1, 0.15) is 0 Å². The van der Waals surface area contributed by atoms with E-state index in [4.69, 9.17) is 0 Å². The summed E-state index contributed by atoms with van der Waals surface area (Å²) in [4.78, 5) is 2.41. The van der Waals surface area contributed by atoms with Gasteiger partial charge >= 0.3 is 0 Å². The van der Waals surface area contributed by atoms with E-state index in [2.05, 4.69) is 254 Å². The number of benzene rings is 10. The number of rotatable bonds is 9. The largest absolute Gasteiger partial charge is 0.310 e. The lowest BCUT2D eigenvalue weighted by molar-refractivity contribution is 1.28. The molecule has 278 valence electrons. The van der Waals surface area contributed by atoms with E-state index in [0.717, 1.165) is 28.2 Å². The third kappa shape index (κ3) is 7.34. The average molecular weight is 752 g/mol. The van der Waals surface area contributed by atoms with E-state index in [1.807, 2.05) is 0 Å². The van der Waals surface area contributed by atoms with Crippen LogP contribution in [0.2, 0.25) is 0 Å². The van der Waals surface area contributed by atoms with Crippen LogP contribution in [0, 0.1) is 0 Å². The molecule has 0 amide bonds. The van der Waals surface area contributed by atoms with Gasteiger partial charge in [0.05, 0.1) is 5.69 Å². The molecular formula is C58H41N. The van der Waals surface area contributed by atoms with Crippen molar-refractivity contribution in [1.82, 2.24) is 0 Å². The van der Waals surface area contributed by atoms with Crippen LogP contribution in [0.5, 0.6) is 0 Å². The van der Waals surface area contributed by atoms with Gasteiger partial charge in [0.2, 0.25) is 0 Å². The summed E-state index contributed by atoms with van der Waals surface area (Å²) >= 11 is 0. The number of fused-ring (bicyclic) bond motifs is 1. The molecule has 0 fully saturated rings. The second-order valence-electron chi connectivity index (χ2n) is 15.0. The molecule has 1 nitrogen and oxygen atoms in total. The molecule has 0 aliphatic carbocycles. The lowest BCUT2D eigenvalue weighted by Crippen LogP contribution is -2.11. The second kappa shape index (κ2) is 16.0. The van der Waals surface area contributed by atoms with Gasteiger partial charge in [-0.25, -0.2) is 0 Å². The van der Waals surface area contributed by atoms with E-state index in [1.54, 1.807) is 0 Å². The highest BCUT2D eigenvalue weighted by Gasteiger charge is 2.19. The van der Waals surface area contributed by atoms with E-state index in [9.17, 15) is 0 Å². The van der Waals surface area contributed by atoms with Crippen molar-refractivity contribution < 1.29 is 0 Å². The van der Waals surface area contributed by atoms with Gasteiger partial charge in [0.25, 0.3) is 0 Å². The van der Waals surface area contributed by atoms with Crippen LogP contribution in [0.15, 0.2) is 249 Å². The number of anilines is 3. The van der Waals surface area contributed by atoms with Crippen molar-refractivity contribution >= 4 is 27.8 Å². The van der Waals surface area contributed by atoms with Crippen molar-refractivity contribution in [2.24, 2.45) is 0 Å². The van der Waals surface area contributed by atoms with Gasteiger partial charge in [0.15, 0.2) is 0 Å². The van der Waals surface area contributed by atoms with E-state index in [-0.39, 0.29) is 0 Å². The molecule has 0 atom stereocenters. The fraction of sp³-hybridized carbons (Fsp3) is 0. The second-order valence-corrected chi connectivity index (χ2v) is 15.0. The molecule has 0 N–H and O–H groups in total. The summed E-state index contributed by atoms with van der Waals surface area (Å²) in [6.07, 6.45) is 0. The van der Waals surface area contributed by atoms with Gasteiger partial charge in [0.1, 0.15) is 0 Å². The topological polar surface area (TPSA) is 3.24 Å². The van der Waals surface area contributed by atoms with E-state index in [1.165, 1.54) is 66.4 Å². The maximum Gasteiger partial charge on any atom is 0.0540 e. The molecule has 59 heavy (non-hydrogen) atoms. The first-order valence-electron chi connectivity index (χ1n) is 20.2. The highest BCUT2D eigenvalue weighted by molar-refractivity contribution is 5.97. The van der Waals surface area contributed by atoms with E-state index in [0.29, 0.717) is 0 Å². The minimum Gasteiger partial charge on any atom is -0.310 e. The van der Waals surface area contributed by atoms with Crippen molar-refractivity contribution in [2.75, 3.05) is 4.90 Å². The monoisotopic (exact) mass is 751 g/mol. The van der Waals surface area contributed by atoms with Crippen molar-refractivity contribution in [2.45, 2.75) is 0 Å². The van der Waals surface area contributed by atoms with Crippen molar-refractivity contribution in [3.63, 3.8) is 0 Å². The SMILES string of the molecule is c1ccc(-c2cccc(-c3ccc(N(c4cccc(-c5cccc(-c6cccc7ccccc67)c5)c4)c4ccccc4-c4cccc(-c5ccccc5)c4)cc3)c2)cc1. The molecule has 0 spiro atoms. The number of hydrogen-bond donors (Lipinski definition) is 0. The third-order valence-electron chi connectivity index (χ3n) is 11.3. The minimum atomic E-state index is 1.08. The van der Waals surface area contributed by atoms with Crippen molar-refractivity contribution in [3.05, 3.63) is 249 Å². The van der Waals surface area contributed by atoms with E-state index < -0.39 is 0 Å². The zero-order valence-electron chi connectivity index (χ0n) is 32.6. The molecule has 0 aromatic heterocycles. The van der Waals surface area contributed by atoms with Gasteiger partial charge in [-0.3, -0.25) is 0 Å². The van der Waals surface area contributed by atoms with Crippen LogP contribution >= 0.6 is 0 Å². The number of nitrogens with zero attached hydrogens (tertiary/aromatic N) is 1. The third-order valence-corrected chi connectivity index (χ3v) is 11.3. The Morgan fingerprint density at radius 3 is 1.29 bits per heavy atom. The standard InChI is InChI=1S/C58H41N/c1-3-16-42(17-4-1)46-22-11-23-47(38-46)44-34-36-53(37-35-44)59(58-33-10-9-31-57(58)52-28-12-24-48(39-52)43-18-5-2-6-19-43)54-29-14-26-50(41-54)49-25-13-27-51(40-49)56-32-15-21-45-20-7-8-30-55(45)56/h1-41H. The van der Waals surface area contributed by atoms with Crippen LogP contribution in [-0.4, -0.2) is 0 Å². The van der Waals surface area contributed by atoms with Crippen LogP contribution < -0.4 is 4.90 Å². The summed E-state index contributed by atoms with van der Waals surface area (Å²) in [5, 5.41) is 2.51. The maximum atomic E-state index is 2.41. The Labute approximate surface area is 346 Å². The predicted octanol–water partition coefficient (Wildman–Crippen LogP) is 16.3. The predicted molar refractivity (Wildman–Crippen MR) is 251 cm³/mol. The van der Waals surface area contributed by atoms with Gasteiger partial charge in [-0.15, -0.1) is 0 Å². The Hall–Kier alpha value is -7.74. The molecule has 0 bridgehead atoms. The molecule has 0 heterocycles. The highest BCUT2D eigenvalue weighted by Crippen LogP contribution is 2.43. The van der Waals surface area contributed by atoms with Crippen molar-refractivity contribution in [3.8, 4) is 66.8 Å². The van der Waals surface area contributed by atoms with Crippen LogP contribution in [0.4, 0.5) is 17.1 Å². The zero-order valence-corrected chi connectivity index (χ0v) is 32.6. The lowest BCUT2D eigenvalue weighted by Gasteiger charge is -2.28. The van der Waals surface area contributed by atoms with Crippen LogP contribution in [-0.2, 0) is 0 Å². The van der Waals surface area contributed by atoms with Crippen LogP contribution in [0.3, 0.4) is 0 Å². The van der Waals surface area contributed by atoms with E-state index >= 15 is 0 Å². The fourth-order valence-corrected chi connectivity index (χ4v) is 8.32. The Morgan fingerprint density at radius 2 is 0.627 bits per heavy atom. The quantitative estimate of drug-likeness (QED) is 0.142. The maximum absolute atomic E-state index is 2.41. The first-order chi connectivity index (χ1) is 29.2. The van der Waals surface area contributed by atoms with Crippen LogP contribution in [0.25, 0.3) is 77.5 Å². The van der Waals surface area contributed by atoms with Crippen molar-refractivity contribution in [1.29, 1.82) is 0 Å². The molecule has 0 aliphatic rings. The summed E-state index contributed by atoms with van der Waals surface area (Å²) in [5.41, 5.74) is 17.6. The Balaban J connectivity index is 1.08. The molecule has 10 aromatic rings. The minimum absolute atomic E-state index is 1.08. The van der Waals surface area contributed by atoms with Gasteiger partial charge in [0, 0.05) is 16.9 Å². The molecule has 0 radical (unpaired) electrons. The summed E-state index contributed by atoms with van der Waals surface area (Å²) in [6.45, 7) is 0. The summed E-state index contributed by atoms with van der Waals surface area (Å²) in [6, 6.07) is 89.8. The molecule has 0 saturated heterocycles. The molecule has 0 unspecified atom stereocenters. The zero-order chi connectivity index (χ0) is 39.4. The summed E-state index contributed by atoms with van der Waals surface area (Å²) in [5.74, 6) is 0. The fourth-order valence-electron chi connectivity index (χ4n) is 8.32. The molecule has 10 rings (SSSR count). The average Bonchev–Trinajstić information content (AvgIpc) is 3.33. The summed E-state index contributed by atoms with van der Waals surface area (Å²) in [7, 11) is 0. The highest BCUT2D eigenvalue weighted by atomic mass is 15.1. The first kappa shape index (κ1) is 35.7. The van der Waals surface area contributed by atoms with Gasteiger partial charge in [-0.1, -0.05) is 200 Å². The lowest BCUT2D eigenvalue weighted by atomic mass is 9.95. The molecular weight excluding hydrogens is 711 g/mol. The Bertz CT molecular complexity index is 3030. The normalized spacial score (nSPS) is 11.1. The van der Waals surface area contributed by atoms with Gasteiger partial charge < -0.3 is 4.90 Å². The summed E-state index contributed by atoms with van der Waals surface area (Å²) < 4.78 is 0. The molecule has 10 aromatic carbocycles. The smallest absolute Gasteiger partial charge is 0.0540 e.